The highest BCUT2D eigenvalue weighted by molar-refractivity contribution is 7.92. The van der Waals surface area contributed by atoms with E-state index in [1.807, 2.05) is 6.92 Å². The smallest absolute Gasteiger partial charge is 0.264 e. The number of carbonyl (C=O) groups excluding carboxylic acids is 1. The topological polar surface area (TPSA) is 78.8 Å². The maximum Gasteiger partial charge on any atom is 0.264 e. The van der Waals surface area contributed by atoms with Crippen LogP contribution in [0.25, 0.3) is 0 Å². The van der Waals surface area contributed by atoms with Crippen molar-refractivity contribution in [2.24, 2.45) is 5.10 Å². The number of sulfonamides is 1. The van der Waals surface area contributed by atoms with Crippen LogP contribution in [0.2, 0.25) is 5.02 Å². The van der Waals surface area contributed by atoms with Crippen LogP contribution < -0.4 is 9.73 Å². The number of benzene rings is 2. The van der Waals surface area contributed by atoms with E-state index in [0.717, 1.165) is 41.3 Å². The number of hydrogen-bond acceptors (Lipinski definition) is 4. The van der Waals surface area contributed by atoms with Crippen LogP contribution in [-0.4, -0.2) is 26.6 Å². The Hall–Kier alpha value is -2.38. The number of nitrogens with zero attached hydrogens (tertiary/aromatic N) is 2. The predicted molar refractivity (Wildman–Crippen MR) is 130 cm³/mol. The third kappa shape index (κ3) is 6.33. The van der Waals surface area contributed by atoms with Gasteiger partial charge in [-0.05, 0) is 75.4 Å². The monoisotopic (exact) mass is 475 g/mol. The molecule has 172 valence electrons. The standard InChI is InChI=1S/C24H30ClN3O3S/c1-18-10-13-22(14-11-18)32(30,31)28(23-15-12-20(25)16-19(23)2)17-24(29)27-26-21-8-6-4-3-5-7-9-21/h10-16H,3-9,17H2,1-2H3,(H,27,29). The molecule has 0 bridgehead atoms. The average molecular weight is 476 g/mol. The molecule has 6 nitrogen and oxygen atoms in total. The summed E-state index contributed by atoms with van der Waals surface area (Å²) in [5, 5.41) is 4.81. The number of anilines is 1. The summed E-state index contributed by atoms with van der Waals surface area (Å²) >= 11 is 6.07. The summed E-state index contributed by atoms with van der Waals surface area (Å²) in [4.78, 5) is 12.9. The second-order valence-corrected chi connectivity index (χ2v) is 10.5. The van der Waals surface area contributed by atoms with Crippen LogP contribution in [0.1, 0.15) is 56.1 Å². The first-order chi connectivity index (χ1) is 15.3. The summed E-state index contributed by atoms with van der Waals surface area (Å²) < 4.78 is 28.1. The van der Waals surface area contributed by atoms with E-state index < -0.39 is 15.9 Å². The Bertz CT molecular complexity index is 1070. The van der Waals surface area contributed by atoms with E-state index in [9.17, 15) is 13.2 Å². The number of aryl methyl sites for hydroxylation is 2. The fourth-order valence-electron chi connectivity index (χ4n) is 3.77. The highest BCUT2D eigenvalue weighted by Gasteiger charge is 2.28. The molecular weight excluding hydrogens is 446 g/mol. The summed E-state index contributed by atoms with van der Waals surface area (Å²) in [6, 6.07) is 11.5. The van der Waals surface area contributed by atoms with Gasteiger partial charge in [-0.15, -0.1) is 0 Å². The minimum Gasteiger partial charge on any atom is -0.271 e. The van der Waals surface area contributed by atoms with Gasteiger partial charge in [0.15, 0.2) is 0 Å². The molecule has 3 rings (SSSR count). The first kappa shape index (κ1) is 24.3. The molecular formula is C24H30ClN3O3S. The zero-order valence-corrected chi connectivity index (χ0v) is 20.2. The average Bonchev–Trinajstić information content (AvgIpc) is 2.72. The lowest BCUT2D eigenvalue weighted by Gasteiger charge is -2.25. The SMILES string of the molecule is Cc1ccc(S(=O)(=O)N(CC(=O)NN=C2CCCCCCC2)c2ccc(Cl)cc2C)cc1. The lowest BCUT2D eigenvalue weighted by molar-refractivity contribution is -0.119. The normalized spacial score (nSPS) is 14.9. The molecule has 0 atom stereocenters. The number of rotatable bonds is 6. The van der Waals surface area contributed by atoms with Crippen molar-refractivity contribution < 1.29 is 13.2 Å². The van der Waals surface area contributed by atoms with Crippen LogP contribution in [-0.2, 0) is 14.8 Å². The molecule has 1 fully saturated rings. The van der Waals surface area contributed by atoms with Gasteiger partial charge in [-0.25, -0.2) is 13.8 Å². The molecule has 32 heavy (non-hydrogen) atoms. The van der Waals surface area contributed by atoms with Crippen molar-refractivity contribution in [1.82, 2.24) is 5.43 Å². The highest BCUT2D eigenvalue weighted by Crippen LogP contribution is 2.29. The number of hydrazone groups is 1. The van der Waals surface area contributed by atoms with Crippen molar-refractivity contribution in [3.63, 3.8) is 0 Å². The lowest BCUT2D eigenvalue weighted by Crippen LogP contribution is -2.40. The number of hydrogen-bond donors (Lipinski definition) is 1. The summed E-state index contributed by atoms with van der Waals surface area (Å²) in [5.74, 6) is -0.482. The van der Waals surface area contributed by atoms with Crippen molar-refractivity contribution in [3.05, 3.63) is 58.6 Å². The fraction of sp³-hybridized carbons (Fsp3) is 0.417. The highest BCUT2D eigenvalue weighted by atomic mass is 35.5. The minimum absolute atomic E-state index is 0.122. The van der Waals surface area contributed by atoms with Crippen LogP contribution in [0.4, 0.5) is 5.69 Å². The molecule has 1 aliphatic carbocycles. The maximum absolute atomic E-state index is 13.5. The molecule has 2 aromatic rings. The van der Waals surface area contributed by atoms with E-state index in [-0.39, 0.29) is 11.4 Å². The van der Waals surface area contributed by atoms with Gasteiger partial charge in [0.25, 0.3) is 15.9 Å². The zero-order chi connectivity index (χ0) is 23.1. The molecule has 1 N–H and O–H groups in total. The van der Waals surface area contributed by atoms with Crippen LogP contribution in [0.3, 0.4) is 0 Å². The van der Waals surface area contributed by atoms with E-state index >= 15 is 0 Å². The van der Waals surface area contributed by atoms with Crippen molar-refractivity contribution in [1.29, 1.82) is 0 Å². The Morgan fingerprint density at radius 1 is 1.00 bits per heavy atom. The molecule has 2 aromatic carbocycles. The number of halogens is 1. The molecule has 8 heteroatoms. The van der Waals surface area contributed by atoms with Crippen molar-refractivity contribution in [3.8, 4) is 0 Å². The largest absolute Gasteiger partial charge is 0.271 e. The van der Waals surface area contributed by atoms with Gasteiger partial charge in [0, 0.05) is 10.7 Å². The van der Waals surface area contributed by atoms with Crippen molar-refractivity contribution in [2.75, 3.05) is 10.8 Å². The molecule has 1 amide bonds. The van der Waals surface area contributed by atoms with Gasteiger partial charge in [-0.1, -0.05) is 48.6 Å². The minimum atomic E-state index is -3.97. The van der Waals surface area contributed by atoms with Gasteiger partial charge in [0.1, 0.15) is 6.54 Å². The molecule has 0 heterocycles. The molecule has 0 radical (unpaired) electrons. The Labute approximate surface area is 195 Å². The Balaban J connectivity index is 1.87. The van der Waals surface area contributed by atoms with Crippen LogP contribution in [0.5, 0.6) is 0 Å². The summed E-state index contributed by atoms with van der Waals surface area (Å²) in [5.41, 5.74) is 5.56. The third-order valence-electron chi connectivity index (χ3n) is 5.59. The Morgan fingerprint density at radius 3 is 2.25 bits per heavy atom. The lowest BCUT2D eigenvalue weighted by atomic mass is 9.99. The molecule has 0 unspecified atom stereocenters. The van der Waals surface area contributed by atoms with Crippen LogP contribution >= 0.6 is 11.6 Å². The Kier molecular flexibility index (Phi) is 8.32. The molecule has 0 aliphatic heterocycles. The van der Waals surface area contributed by atoms with Gasteiger partial charge >= 0.3 is 0 Å². The molecule has 0 spiro atoms. The van der Waals surface area contributed by atoms with Gasteiger partial charge in [-0.2, -0.15) is 5.10 Å². The molecule has 1 saturated carbocycles. The second kappa shape index (κ2) is 11.0. The predicted octanol–water partition coefficient (Wildman–Crippen LogP) is 5.37. The fourth-order valence-corrected chi connectivity index (χ4v) is 5.48. The van der Waals surface area contributed by atoms with Gasteiger partial charge < -0.3 is 0 Å². The zero-order valence-electron chi connectivity index (χ0n) is 18.6. The van der Waals surface area contributed by atoms with Gasteiger partial charge in [0.05, 0.1) is 10.6 Å². The van der Waals surface area contributed by atoms with Gasteiger partial charge in [0.2, 0.25) is 0 Å². The number of nitrogens with one attached hydrogen (secondary N) is 1. The molecule has 1 aliphatic rings. The van der Waals surface area contributed by atoms with Gasteiger partial charge in [-0.3, -0.25) is 9.10 Å². The van der Waals surface area contributed by atoms with Crippen molar-refractivity contribution in [2.45, 2.75) is 63.7 Å². The molecule has 0 aromatic heterocycles. The van der Waals surface area contributed by atoms with E-state index in [4.69, 9.17) is 11.6 Å². The quantitative estimate of drug-likeness (QED) is 0.570. The van der Waals surface area contributed by atoms with E-state index in [2.05, 4.69) is 10.5 Å². The van der Waals surface area contributed by atoms with E-state index in [1.54, 1.807) is 49.4 Å². The first-order valence-corrected chi connectivity index (χ1v) is 12.8. The maximum atomic E-state index is 13.5. The van der Waals surface area contributed by atoms with E-state index in [0.29, 0.717) is 16.3 Å². The summed E-state index contributed by atoms with van der Waals surface area (Å²) in [7, 11) is -3.97. The number of carbonyl (C=O) groups is 1. The molecule has 0 saturated heterocycles. The van der Waals surface area contributed by atoms with E-state index in [1.165, 1.54) is 19.3 Å². The third-order valence-corrected chi connectivity index (χ3v) is 7.60. The van der Waals surface area contributed by atoms with Crippen molar-refractivity contribution >= 4 is 38.9 Å². The summed E-state index contributed by atoms with van der Waals surface area (Å²) in [6.45, 7) is 3.28. The second-order valence-electron chi connectivity index (χ2n) is 8.24. The van der Waals surface area contributed by atoms with Crippen LogP contribution in [0, 0.1) is 13.8 Å². The number of amides is 1. The summed E-state index contributed by atoms with van der Waals surface area (Å²) in [6.07, 6.45) is 7.44. The first-order valence-electron chi connectivity index (χ1n) is 11.0. The Morgan fingerprint density at radius 2 is 1.62 bits per heavy atom. The van der Waals surface area contributed by atoms with Crippen LogP contribution in [0.15, 0.2) is 52.5 Å².